The lowest BCUT2D eigenvalue weighted by molar-refractivity contribution is -0.151. The van der Waals surface area contributed by atoms with E-state index in [0.717, 1.165) is 19.3 Å². The molecule has 0 saturated heterocycles. The lowest BCUT2D eigenvalue weighted by Crippen LogP contribution is -2.56. The summed E-state index contributed by atoms with van der Waals surface area (Å²) >= 11 is 0. The number of carbonyl (C=O) groups is 2. The van der Waals surface area contributed by atoms with Crippen molar-refractivity contribution in [2.24, 2.45) is 62.6 Å². The summed E-state index contributed by atoms with van der Waals surface area (Å²) in [5.41, 5.74) is 1.65. The zero-order valence-electron chi connectivity index (χ0n) is 25.9. The molecule has 4 rings (SSSR count). The van der Waals surface area contributed by atoms with Crippen LogP contribution in [0.1, 0.15) is 121 Å². The molecular formula is C34H56O3. The lowest BCUT2D eigenvalue weighted by Gasteiger charge is -2.62. The van der Waals surface area contributed by atoms with E-state index in [1.54, 1.807) is 0 Å². The second kappa shape index (κ2) is 9.22. The highest BCUT2D eigenvalue weighted by molar-refractivity contribution is 5.94. The Kier molecular flexibility index (Phi) is 7.20. The van der Waals surface area contributed by atoms with Gasteiger partial charge in [-0.3, -0.25) is 9.59 Å². The van der Waals surface area contributed by atoms with Gasteiger partial charge in [0.05, 0.1) is 12.5 Å². The Bertz CT molecular complexity index is 958. The molecule has 0 aromatic carbocycles. The van der Waals surface area contributed by atoms with Crippen molar-refractivity contribution >= 4 is 11.8 Å². The van der Waals surface area contributed by atoms with Gasteiger partial charge in [0.1, 0.15) is 0 Å². The maximum atomic E-state index is 13.7. The smallest absolute Gasteiger partial charge is 0.311 e. The number of carbonyl (C=O) groups excluding carboxylic acids is 2. The molecule has 3 nitrogen and oxygen atoms in total. The van der Waals surface area contributed by atoms with E-state index >= 15 is 0 Å². The highest BCUT2D eigenvalue weighted by Gasteiger charge is 2.66. The predicted octanol–water partition coefficient (Wildman–Crippen LogP) is 8.66. The Hall–Kier alpha value is -1.12. The Morgan fingerprint density at radius 1 is 1.05 bits per heavy atom. The highest BCUT2D eigenvalue weighted by atomic mass is 16.5. The first kappa shape index (κ1) is 28.9. The molecule has 0 heterocycles. The van der Waals surface area contributed by atoms with Crippen LogP contribution in [0.4, 0.5) is 0 Å². The normalized spacial score (nSPS) is 42.8. The molecule has 0 radical (unpaired) electrons. The van der Waals surface area contributed by atoms with E-state index in [1.807, 2.05) is 13.8 Å². The Morgan fingerprint density at radius 2 is 1.70 bits per heavy atom. The number of allylic oxidation sites excluding steroid dienone is 2. The van der Waals surface area contributed by atoms with E-state index in [2.05, 4.69) is 61.5 Å². The largest absolute Gasteiger partial charge is 0.469 e. The van der Waals surface area contributed by atoms with Gasteiger partial charge < -0.3 is 4.74 Å². The molecule has 0 aliphatic heterocycles. The predicted molar refractivity (Wildman–Crippen MR) is 152 cm³/mol. The van der Waals surface area contributed by atoms with Crippen molar-refractivity contribution < 1.29 is 14.3 Å². The quantitative estimate of drug-likeness (QED) is 0.334. The minimum atomic E-state index is -0.445. The van der Waals surface area contributed by atoms with E-state index in [0.29, 0.717) is 35.4 Å². The number of ketones is 1. The number of fused-ring (bicyclic) bond motifs is 5. The van der Waals surface area contributed by atoms with Gasteiger partial charge in [-0.1, -0.05) is 61.0 Å². The molecule has 4 aliphatic rings. The van der Waals surface area contributed by atoms with Crippen LogP contribution in [-0.2, 0) is 14.3 Å². The summed E-state index contributed by atoms with van der Waals surface area (Å²) in [6, 6.07) is 0. The van der Waals surface area contributed by atoms with Gasteiger partial charge in [-0.2, -0.15) is 0 Å². The molecule has 0 spiro atoms. The molecule has 9 atom stereocenters. The highest BCUT2D eigenvalue weighted by Crippen LogP contribution is 2.74. The molecule has 37 heavy (non-hydrogen) atoms. The fourth-order valence-electron chi connectivity index (χ4n) is 10.1. The fourth-order valence-corrected chi connectivity index (χ4v) is 10.1. The van der Waals surface area contributed by atoms with Crippen LogP contribution in [0.15, 0.2) is 11.6 Å². The first-order valence-electron chi connectivity index (χ1n) is 15.3. The topological polar surface area (TPSA) is 43.4 Å². The van der Waals surface area contributed by atoms with Gasteiger partial charge in [0.15, 0.2) is 5.78 Å². The van der Waals surface area contributed by atoms with Crippen molar-refractivity contribution in [3.8, 4) is 0 Å². The van der Waals surface area contributed by atoms with Gasteiger partial charge in [-0.25, -0.2) is 0 Å². The van der Waals surface area contributed by atoms with E-state index in [4.69, 9.17) is 4.74 Å². The summed E-state index contributed by atoms with van der Waals surface area (Å²) in [5.74, 6) is 3.54. The van der Waals surface area contributed by atoms with E-state index < -0.39 is 5.41 Å². The molecule has 0 N–H and O–H groups in total. The van der Waals surface area contributed by atoms with Gasteiger partial charge in [-0.05, 0) is 123 Å². The molecule has 4 aliphatic carbocycles. The SMILES string of the molecule is COC(=O)C(C)(C)CC[C@@H](C)C(C)(C)[C@H]1CC[C@@]2(C)C3=CC(=O)[C@@H]4C[C@@H](C)[C@@H](C)C[C@]4(C)C3CC[C@]12C. The molecular weight excluding hydrogens is 456 g/mol. The first-order chi connectivity index (χ1) is 17.0. The maximum Gasteiger partial charge on any atom is 0.311 e. The van der Waals surface area contributed by atoms with Gasteiger partial charge >= 0.3 is 5.97 Å². The van der Waals surface area contributed by atoms with Crippen molar-refractivity contribution in [2.45, 2.75) is 121 Å². The standard InChI is InChI=1S/C34H56O3/c1-21-18-26-27(35)19-25-24(32(26,8)20-22(21)2)13-16-34(10)28(14-17-33(25,34)9)31(6,7)23(3)12-15-30(4,5)29(36)37-11/h19,21-24,26,28H,12-18,20H2,1-11H3/t21-,22+,23-,24?,26+,28-,32-,33+,34-/m1/s1. The number of methoxy groups -OCH3 is 1. The average molecular weight is 513 g/mol. The second-order valence-corrected chi connectivity index (χ2v) is 16.0. The zero-order chi connectivity index (χ0) is 27.8. The Balaban J connectivity index is 1.61. The lowest BCUT2D eigenvalue weighted by atomic mass is 9.41. The molecule has 210 valence electrons. The molecule has 0 amide bonds. The molecule has 0 aromatic rings. The van der Waals surface area contributed by atoms with Gasteiger partial charge in [0.2, 0.25) is 0 Å². The molecule has 0 bridgehead atoms. The number of hydrogen-bond acceptors (Lipinski definition) is 3. The van der Waals surface area contributed by atoms with Crippen molar-refractivity contribution in [2.75, 3.05) is 7.11 Å². The number of rotatable bonds is 6. The molecule has 0 aromatic heterocycles. The van der Waals surface area contributed by atoms with Crippen LogP contribution in [0.3, 0.4) is 0 Å². The van der Waals surface area contributed by atoms with Gasteiger partial charge in [0, 0.05) is 5.92 Å². The van der Waals surface area contributed by atoms with Crippen LogP contribution in [0.5, 0.6) is 0 Å². The van der Waals surface area contributed by atoms with Gasteiger partial charge in [0.25, 0.3) is 0 Å². The third-order valence-corrected chi connectivity index (χ3v) is 13.6. The molecule has 1 unspecified atom stereocenters. The summed E-state index contributed by atoms with van der Waals surface area (Å²) in [6.45, 7) is 23.7. The summed E-state index contributed by atoms with van der Waals surface area (Å²) in [6.07, 6.45) is 11.2. The summed E-state index contributed by atoms with van der Waals surface area (Å²) in [5, 5.41) is 0. The average Bonchev–Trinajstić information content (AvgIpc) is 3.11. The van der Waals surface area contributed by atoms with Crippen LogP contribution in [0.25, 0.3) is 0 Å². The van der Waals surface area contributed by atoms with Crippen LogP contribution >= 0.6 is 0 Å². The minimum absolute atomic E-state index is 0.0960. The summed E-state index contributed by atoms with van der Waals surface area (Å²) in [4.78, 5) is 26.0. The third kappa shape index (κ3) is 4.19. The van der Waals surface area contributed by atoms with Crippen molar-refractivity contribution in [3.05, 3.63) is 11.6 Å². The monoisotopic (exact) mass is 512 g/mol. The number of esters is 1. The van der Waals surface area contributed by atoms with Crippen molar-refractivity contribution in [3.63, 3.8) is 0 Å². The zero-order valence-corrected chi connectivity index (χ0v) is 25.9. The van der Waals surface area contributed by atoms with E-state index in [9.17, 15) is 9.59 Å². The van der Waals surface area contributed by atoms with E-state index in [-0.39, 0.29) is 33.5 Å². The fraction of sp³-hybridized carbons (Fsp3) is 0.882. The van der Waals surface area contributed by atoms with E-state index in [1.165, 1.54) is 44.8 Å². The Labute approximate surface area is 228 Å². The van der Waals surface area contributed by atoms with Gasteiger partial charge in [-0.15, -0.1) is 0 Å². The number of ether oxygens (including phenoxy) is 1. The summed E-state index contributed by atoms with van der Waals surface area (Å²) in [7, 11) is 1.50. The number of hydrogen-bond donors (Lipinski definition) is 0. The third-order valence-electron chi connectivity index (χ3n) is 13.6. The van der Waals surface area contributed by atoms with Crippen LogP contribution < -0.4 is 0 Å². The van der Waals surface area contributed by atoms with Crippen molar-refractivity contribution in [1.29, 1.82) is 0 Å². The summed E-state index contributed by atoms with van der Waals surface area (Å²) < 4.78 is 5.08. The Morgan fingerprint density at radius 3 is 2.32 bits per heavy atom. The van der Waals surface area contributed by atoms with Crippen LogP contribution in [-0.4, -0.2) is 18.9 Å². The first-order valence-corrected chi connectivity index (χ1v) is 15.3. The molecule has 3 saturated carbocycles. The van der Waals surface area contributed by atoms with Crippen LogP contribution in [0.2, 0.25) is 0 Å². The minimum Gasteiger partial charge on any atom is -0.469 e. The maximum absolute atomic E-state index is 13.7. The van der Waals surface area contributed by atoms with Crippen LogP contribution in [0, 0.1) is 62.6 Å². The molecule has 3 fully saturated rings. The van der Waals surface area contributed by atoms with Crippen molar-refractivity contribution in [1.82, 2.24) is 0 Å². The second-order valence-electron chi connectivity index (χ2n) is 16.0. The molecule has 3 heteroatoms.